The van der Waals surface area contributed by atoms with Crippen LogP contribution in [0.3, 0.4) is 0 Å². The third-order valence-electron chi connectivity index (χ3n) is 3.56. The summed E-state index contributed by atoms with van der Waals surface area (Å²) in [6, 6.07) is 0.200. The van der Waals surface area contributed by atoms with E-state index in [2.05, 4.69) is 20.3 Å². The Hall–Kier alpha value is -2.22. The molecule has 8 nitrogen and oxygen atoms in total. The number of aromatic nitrogens is 4. The lowest BCUT2D eigenvalue weighted by atomic mass is 10.2. The van der Waals surface area contributed by atoms with Crippen molar-refractivity contribution in [2.24, 2.45) is 0 Å². The molecule has 106 valence electrons. The average Bonchev–Trinajstić information content (AvgIpc) is 2.84. The van der Waals surface area contributed by atoms with Crippen LogP contribution >= 0.6 is 0 Å². The molecule has 3 rings (SSSR count). The Kier molecular flexibility index (Phi) is 3.23. The first-order chi connectivity index (χ1) is 9.66. The number of carbonyl (C=O) groups is 1. The van der Waals surface area contributed by atoms with E-state index in [0.29, 0.717) is 17.0 Å². The second-order valence-electron chi connectivity index (χ2n) is 4.94. The van der Waals surface area contributed by atoms with Gasteiger partial charge < -0.3 is 20.5 Å². The minimum atomic E-state index is 0.0653. The van der Waals surface area contributed by atoms with Gasteiger partial charge in [-0.2, -0.15) is 0 Å². The zero-order valence-corrected chi connectivity index (χ0v) is 11.3. The van der Waals surface area contributed by atoms with Crippen LogP contribution in [0.1, 0.15) is 6.92 Å². The number of nitrogen functional groups attached to an aromatic ring is 1. The van der Waals surface area contributed by atoms with Gasteiger partial charge in [-0.25, -0.2) is 15.0 Å². The molecule has 3 heterocycles. The first-order valence-electron chi connectivity index (χ1n) is 6.58. The molecule has 1 saturated heterocycles. The van der Waals surface area contributed by atoms with E-state index in [1.807, 2.05) is 11.8 Å². The number of rotatable bonds is 2. The predicted octanol–water partition coefficient (Wildman–Crippen LogP) is -0.771. The maximum Gasteiger partial charge on any atom is 0.242 e. The number of anilines is 1. The Morgan fingerprint density at radius 1 is 1.50 bits per heavy atom. The molecule has 1 aliphatic rings. The normalized spacial score (nSPS) is 19.4. The van der Waals surface area contributed by atoms with E-state index in [4.69, 9.17) is 5.73 Å². The second kappa shape index (κ2) is 5.04. The maximum atomic E-state index is 12.4. The maximum absolute atomic E-state index is 12.4. The molecule has 2 aromatic heterocycles. The summed E-state index contributed by atoms with van der Waals surface area (Å²) in [5.41, 5.74) is 6.86. The largest absolute Gasteiger partial charge is 0.382 e. The molecule has 1 atom stereocenters. The van der Waals surface area contributed by atoms with Crippen LogP contribution in [-0.4, -0.2) is 56.0 Å². The highest BCUT2D eigenvalue weighted by molar-refractivity contribution is 5.83. The van der Waals surface area contributed by atoms with Gasteiger partial charge in [0.2, 0.25) is 5.91 Å². The number of nitrogens with zero attached hydrogens (tertiary/aromatic N) is 5. The van der Waals surface area contributed by atoms with Crippen molar-refractivity contribution in [1.29, 1.82) is 0 Å². The van der Waals surface area contributed by atoms with Crippen molar-refractivity contribution in [1.82, 2.24) is 29.7 Å². The van der Waals surface area contributed by atoms with Crippen molar-refractivity contribution < 1.29 is 4.79 Å². The van der Waals surface area contributed by atoms with E-state index >= 15 is 0 Å². The topological polar surface area (TPSA) is 102 Å². The van der Waals surface area contributed by atoms with Gasteiger partial charge in [-0.3, -0.25) is 4.79 Å². The van der Waals surface area contributed by atoms with Crippen molar-refractivity contribution in [3.8, 4) is 0 Å². The fourth-order valence-electron chi connectivity index (χ4n) is 2.46. The molecular weight excluding hydrogens is 258 g/mol. The van der Waals surface area contributed by atoms with E-state index < -0.39 is 0 Å². The van der Waals surface area contributed by atoms with Crippen molar-refractivity contribution >= 4 is 22.9 Å². The van der Waals surface area contributed by atoms with Crippen molar-refractivity contribution in [3.05, 3.63) is 12.7 Å². The third-order valence-corrected chi connectivity index (χ3v) is 3.56. The number of nitrogens with two attached hydrogens (primary N) is 1. The van der Waals surface area contributed by atoms with Crippen LogP contribution < -0.4 is 11.1 Å². The van der Waals surface area contributed by atoms with Crippen LogP contribution in [0.5, 0.6) is 0 Å². The summed E-state index contributed by atoms with van der Waals surface area (Å²) in [6.07, 6.45) is 2.97. The Morgan fingerprint density at radius 2 is 2.35 bits per heavy atom. The Balaban J connectivity index is 1.82. The Morgan fingerprint density at radius 3 is 3.15 bits per heavy atom. The molecule has 0 saturated carbocycles. The Labute approximate surface area is 116 Å². The number of piperazine rings is 1. The highest BCUT2D eigenvalue weighted by Gasteiger charge is 2.23. The summed E-state index contributed by atoms with van der Waals surface area (Å²) in [5, 5.41) is 3.27. The minimum Gasteiger partial charge on any atom is -0.382 e. The summed E-state index contributed by atoms with van der Waals surface area (Å²) in [7, 11) is 0. The summed E-state index contributed by atoms with van der Waals surface area (Å²) >= 11 is 0. The molecule has 20 heavy (non-hydrogen) atoms. The van der Waals surface area contributed by atoms with E-state index in [-0.39, 0.29) is 18.5 Å². The van der Waals surface area contributed by atoms with E-state index in [0.717, 1.165) is 19.6 Å². The van der Waals surface area contributed by atoms with Crippen LogP contribution in [0.15, 0.2) is 12.7 Å². The lowest BCUT2D eigenvalue weighted by molar-refractivity contribution is -0.134. The molecule has 0 aromatic carbocycles. The molecule has 1 fully saturated rings. The quantitative estimate of drug-likeness (QED) is 0.746. The molecule has 0 spiro atoms. The van der Waals surface area contributed by atoms with Crippen LogP contribution in [-0.2, 0) is 11.3 Å². The summed E-state index contributed by atoms with van der Waals surface area (Å²) < 4.78 is 1.71. The fraction of sp³-hybridized carbons (Fsp3) is 0.500. The third kappa shape index (κ3) is 2.18. The zero-order valence-electron chi connectivity index (χ0n) is 11.3. The molecule has 1 aliphatic heterocycles. The van der Waals surface area contributed by atoms with Gasteiger partial charge in [0.05, 0.1) is 6.33 Å². The van der Waals surface area contributed by atoms with Crippen molar-refractivity contribution in [2.75, 3.05) is 25.4 Å². The molecule has 8 heteroatoms. The zero-order chi connectivity index (χ0) is 14.1. The van der Waals surface area contributed by atoms with Gasteiger partial charge in [0.15, 0.2) is 11.5 Å². The first-order valence-corrected chi connectivity index (χ1v) is 6.58. The summed E-state index contributed by atoms with van der Waals surface area (Å²) in [4.78, 5) is 26.5. The second-order valence-corrected chi connectivity index (χ2v) is 4.94. The number of hydrogen-bond donors (Lipinski definition) is 2. The first kappa shape index (κ1) is 12.8. The van der Waals surface area contributed by atoms with Crippen LogP contribution in [0, 0.1) is 0 Å². The number of carbonyl (C=O) groups excluding carboxylic acids is 1. The number of nitrogens with one attached hydrogen (secondary N) is 1. The van der Waals surface area contributed by atoms with Gasteiger partial charge in [-0.05, 0) is 6.92 Å². The number of fused-ring (bicyclic) bond motifs is 1. The minimum absolute atomic E-state index is 0.0653. The lowest BCUT2D eigenvalue weighted by Gasteiger charge is -2.34. The lowest BCUT2D eigenvalue weighted by Crippen LogP contribution is -2.53. The molecule has 1 amide bonds. The molecule has 2 aromatic rings. The van der Waals surface area contributed by atoms with Crippen molar-refractivity contribution in [3.63, 3.8) is 0 Å². The molecule has 0 radical (unpaired) electrons. The van der Waals surface area contributed by atoms with Gasteiger partial charge in [0.1, 0.15) is 18.4 Å². The average molecular weight is 275 g/mol. The molecule has 0 bridgehead atoms. The van der Waals surface area contributed by atoms with Crippen molar-refractivity contribution in [2.45, 2.75) is 19.5 Å². The van der Waals surface area contributed by atoms with Gasteiger partial charge in [0.25, 0.3) is 0 Å². The molecule has 3 N–H and O–H groups in total. The molecule has 0 unspecified atom stereocenters. The van der Waals surface area contributed by atoms with Gasteiger partial charge >= 0.3 is 0 Å². The van der Waals surface area contributed by atoms with Gasteiger partial charge in [-0.1, -0.05) is 0 Å². The summed E-state index contributed by atoms with van der Waals surface area (Å²) in [6.45, 7) is 4.64. The van der Waals surface area contributed by atoms with Crippen LogP contribution in [0.25, 0.3) is 11.2 Å². The predicted molar refractivity (Wildman–Crippen MR) is 73.8 cm³/mol. The van der Waals surface area contributed by atoms with E-state index in [1.165, 1.54) is 6.33 Å². The highest BCUT2D eigenvalue weighted by atomic mass is 16.2. The Bertz CT molecular complexity index is 638. The number of hydrogen-bond acceptors (Lipinski definition) is 6. The van der Waals surface area contributed by atoms with E-state index in [1.54, 1.807) is 10.9 Å². The molecular formula is C12H17N7O. The number of imidazole rings is 1. The van der Waals surface area contributed by atoms with Crippen LogP contribution in [0.2, 0.25) is 0 Å². The SMILES string of the molecule is C[C@@H]1CNCCN1C(=O)Cn1cnc2c(N)ncnc21. The standard InChI is InChI=1S/C12H17N7O/c1-8-4-14-2-3-19(8)9(20)5-18-7-17-10-11(13)15-6-16-12(10)18/h6-8,14H,2-5H2,1H3,(H2,13,15,16)/t8-/m1/s1. The summed E-state index contributed by atoms with van der Waals surface area (Å²) in [5.74, 6) is 0.396. The van der Waals surface area contributed by atoms with Gasteiger partial charge in [0, 0.05) is 25.7 Å². The number of amides is 1. The highest BCUT2D eigenvalue weighted by Crippen LogP contribution is 2.14. The van der Waals surface area contributed by atoms with Gasteiger partial charge in [-0.15, -0.1) is 0 Å². The fourth-order valence-corrected chi connectivity index (χ4v) is 2.46. The van der Waals surface area contributed by atoms with E-state index in [9.17, 15) is 4.79 Å². The monoisotopic (exact) mass is 275 g/mol. The molecule has 0 aliphatic carbocycles. The van der Waals surface area contributed by atoms with Crippen LogP contribution in [0.4, 0.5) is 5.82 Å². The smallest absolute Gasteiger partial charge is 0.242 e.